The number of carbonyl (C=O) groups is 3. The number of carbonyl (C=O) groups excluding carboxylic acids is 3. The van der Waals surface area contributed by atoms with E-state index in [0.29, 0.717) is 37.5 Å². The number of hydrogen-bond donors (Lipinski definition) is 3. The minimum absolute atomic E-state index is 0.147. The van der Waals surface area contributed by atoms with Gasteiger partial charge in [0.25, 0.3) is 5.91 Å². The number of piperidine rings is 1. The lowest BCUT2D eigenvalue weighted by atomic mass is 10.0. The maximum Gasteiger partial charge on any atom is 0.255 e. The first kappa shape index (κ1) is 19.3. The first-order valence-electron chi connectivity index (χ1n) is 10.1. The van der Waals surface area contributed by atoms with Crippen molar-refractivity contribution in [3.05, 3.63) is 44.9 Å². The van der Waals surface area contributed by atoms with Crippen LogP contribution in [0.4, 0.5) is 0 Å². The fraction of sp³-hybridized carbons (Fsp3) is 0.450. The van der Waals surface area contributed by atoms with Gasteiger partial charge in [-0.25, -0.2) is 0 Å². The Morgan fingerprint density at radius 1 is 1.17 bits per heavy atom. The smallest absolute Gasteiger partial charge is 0.255 e. The number of nitrogens with zero attached hydrogens (tertiary/aromatic N) is 3. The van der Waals surface area contributed by atoms with Gasteiger partial charge in [-0.2, -0.15) is 0 Å². The number of imide groups is 1. The fourth-order valence-corrected chi connectivity index (χ4v) is 4.93. The maximum absolute atomic E-state index is 12.7. The summed E-state index contributed by atoms with van der Waals surface area (Å²) in [7, 11) is 0. The summed E-state index contributed by atoms with van der Waals surface area (Å²) < 4.78 is 0. The summed E-state index contributed by atoms with van der Waals surface area (Å²) in [6.45, 7) is 3.65. The summed E-state index contributed by atoms with van der Waals surface area (Å²) in [6.07, 6.45) is 0.635. The number of benzene rings is 1. The van der Waals surface area contributed by atoms with E-state index in [1.807, 2.05) is 18.2 Å². The van der Waals surface area contributed by atoms with Gasteiger partial charge in [0.05, 0.1) is 0 Å². The highest BCUT2D eigenvalue weighted by atomic mass is 32.1. The van der Waals surface area contributed by atoms with Gasteiger partial charge in [0, 0.05) is 50.6 Å². The average molecular weight is 427 g/mol. The van der Waals surface area contributed by atoms with Gasteiger partial charge < -0.3 is 15.5 Å². The van der Waals surface area contributed by atoms with Crippen LogP contribution in [0, 0.1) is 0 Å². The van der Waals surface area contributed by atoms with Gasteiger partial charge in [0.2, 0.25) is 11.8 Å². The molecule has 5 rings (SSSR count). The van der Waals surface area contributed by atoms with Crippen LogP contribution in [-0.2, 0) is 29.2 Å². The first-order chi connectivity index (χ1) is 14.6. The molecule has 1 aromatic heterocycles. The van der Waals surface area contributed by atoms with E-state index in [2.05, 4.69) is 26.1 Å². The number of nitrogens with one attached hydrogen (secondary N) is 3. The molecule has 0 radical (unpaired) electrons. The van der Waals surface area contributed by atoms with E-state index < -0.39 is 6.04 Å². The molecule has 2 fully saturated rings. The first-order valence-corrected chi connectivity index (χ1v) is 10.9. The van der Waals surface area contributed by atoms with Gasteiger partial charge >= 0.3 is 0 Å². The Balaban J connectivity index is 1.19. The van der Waals surface area contributed by atoms with Crippen molar-refractivity contribution in [1.29, 1.82) is 0 Å². The Bertz CT molecular complexity index is 1020. The van der Waals surface area contributed by atoms with Crippen LogP contribution in [0.15, 0.2) is 18.2 Å². The molecule has 9 nitrogen and oxygen atoms in total. The molecule has 3 amide bonds. The number of aromatic nitrogens is 2. The van der Waals surface area contributed by atoms with Crippen LogP contribution in [0.25, 0.3) is 0 Å². The van der Waals surface area contributed by atoms with Crippen LogP contribution < -0.4 is 16.0 Å². The van der Waals surface area contributed by atoms with Crippen LogP contribution in [0.3, 0.4) is 0 Å². The molecule has 2 saturated heterocycles. The number of hydrogen-bond acceptors (Lipinski definition) is 8. The topological polar surface area (TPSA) is 116 Å². The Hall–Kier alpha value is -2.69. The SMILES string of the molecule is O=C1CCC(N2Cc3cc(CNCc4nnc(C5CNC5)s4)ccc3C2=O)C(=O)N1. The predicted octanol–water partition coefficient (Wildman–Crippen LogP) is 0.276. The van der Waals surface area contributed by atoms with E-state index in [-0.39, 0.29) is 24.1 Å². The zero-order chi connectivity index (χ0) is 20.7. The van der Waals surface area contributed by atoms with Crippen LogP contribution in [-0.4, -0.2) is 52.0 Å². The summed E-state index contributed by atoms with van der Waals surface area (Å²) in [4.78, 5) is 37.8. The molecule has 1 aromatic carbocycles. The molecule has 156 valence electrons. The second kappa shape index (κ2) is 7.86. The fourth-order valence-electron chi connectivity index (χ4n) is 4.02. The quantitative estimate of drug-likeness (QED) is 0.568. The normalized spacial score (nSPS) is 21.5. The summed E-state index contributed by atoms with van der Waals surface area (Å²) in [5.74, 6) is -0.312. The number of fused-ring (bicyclic) bond motifs is 1. The third kappa shape index (κ3) is 3.62. The monoisotopic (exact) mass is 426 g/mol. The Morgan fingerprint density at radius 3 is 2.80 bits per heavy atom. The Labute approximate surface area is 177 Å². The van der Waals surface area contributed by atoms with Crippen LogP contribution in [0.1, 0.15) is 50.3 Å². The Morgan fingerprint density at radius 2 is 2.03 bits per heavy atom. The number of rotatable bonds is 6. The molecule has 3 N–H and O–H groups in total. The van der Waals surface area contributed by atoms with Crippen molar-refractivity contribution in [2.45, 2.75) is 44.4 Å². The lowest BCUT2D eigenvalue weighted by molar-refractivity contribution is -0.136. The second-order valence-corrected chi connectivity index (χ2v) is 8.98. The van der Waals surface area contributed by atoms with Crippen LogP contribution >= 0.6 is 11.3 Å². The van der Waals surface area contributed by atoms with E-state index in [4.69, 9.17) is 0 Å². The van der Waals surface area contributed by atoms with Gasteiger partial charge in [0.1, 0.15) is 16.1 Å². The second-order valence-electron chi connectivity index (χ2n) is 7.88. The maximum atomic E-state index is 12.7. The standard InChI is InChI=1S/C20H22N6O3S/c27-16-4-3-15(18(28)23-16)26-10-12-5-11(1-2-14(12)20(26)29)6-21-9-17-24-25-19(30-17)13-7-22-8-13/h1-2,5,13,15,21-22H,3-4,6-10H2,(H,23,27,28). The van der Waals surface area contributed by atoms with Crippen molar-refractivity contribution < 1.29 is 14.4 Å². The molecular formula is C20H22N6O3S. The summed E-state index contributed by atoms with van der Waals surface area (Å²) in [5, 5.41) is 19.6. The third-order valence-corrected chi connectivity index (χ3v) is 6.89. The predicted molar refractivity (Wildman–Crippen MR) is 109 cm³/mol. The summed E-state index contributed by atoms with van der Waals surface area (Å²) in [6, 6.07) is 5.19. The molecule has 0 spiro atoms. The molecule has 1 atom stereocenters. The summed E-state index contributed by atoms with van der Waals surface area (Å²) >= 11 is 1.65. The average Bonchev–Trinajstić information content (AvgIpc) is 3.25. The zero-order valence-corrected chi connectivity index (χ0v) is 17.1. The molecule has 10 heteroatoms. The highest BCUT2D eigenvalue weighted by Gasteiger charge is 2.39. The van der Waals surface area contributed by atoms with E-state index in [1.165, 1.54) is 0 Å². The Kier molecular flexibility index (Phi) is 5.05. The molecule has 3 aliphatic heterocycles. The largest absolute Gasteiger partial charge is 0.322 e. The minimum atomic E-state index is -0.582. The van der Waals surface area contributed by atoms with Crippen molar-refractivity contribution in [1.82, 2.24) is 31.0 Å². The van der Waals surface area contributed by atoms with Gasteiger partial charge in [-0.05, 0) is 23.6 Å². The van der Waals surface area contributed by atoms with Crippen LogP contribution in [0.2, 0.25) is 0 Å². The highest BCUT2D eigenvalue weighted by Crippen LogP contribution is 2.28. The van der Waals surface area contributed by atoms with Crippen LogP contribution in [0.5, 0.6) is 0 Å². The van der Waals surface area contributed by atoms with Crippen molar-refractivity contribution in [3.8, 4) is 0 Å². The molecule has 0 saturated carbocycles. The van der Waals surface area contributed by atoms with Crippen molar-refractivity contribution in [2.24, 2.45) is 0 Å². The molecule has 0 bridgehead atoms. The molecule has 3 aliphatic rings. The van der Waals surface area contributed by atoms with E-state index in [1.54, 1.807) is 16.2 Å². The molecule has 1 unspecified atom stereocenters. The van der Waals surface area contributed by atoms with Gasteiger partial charge in [-0.3, -0.25) is 19.7 Å². The van der Waals surface area contributed by atoms with Gasteiger partial charge in [0.15, 0.2) is 0 Å². The molecule has 2 aromatic rings. The number of amides is 3. The third-order valence-electron chi connectivity index (χ3n) is 5.81. The molecular weight excluding hydrogens is 404 g/mol. The molecule has 30 heavy (non-hydrogen) atoms. The van der Waals surface area contributed by atoms with Crippen molar-refractivity contribution in [3.63, 3.8) is 0 Å². The minimum Gasteiger partial charge on any atom is -0.322 e. The molecule has 4 heterocycles. The van der Waals surface area contributed by atoms with Crippen molar-refractivity contribution >= 4 is 29.1 Å². The zero-order valence-electron chi connectivity index (χ0n) is 16.3. The van der Waals surface area contributed by atoms with E-state index in [9.17, 15) is 14.4 Å². The molecule has 0 aliphatic carbocycles. The lowest BCUT2D eigenvalue weighted by Crippen LogP contribution is -2.52. The van der Waals surface area contributed by atoms with E-state index >= 15 is 0 Å². The van der Waals surface area contributed by atoms with Gasteiger partial charge in [-0.15, -0.1) is 10.2 Å². The highest BCUT2D eigenvalue weighted by molar-refractivity contribution is 7.11. The van der Waals surface area contributed by atoms with E-state index in [0.717, 1.165) is 34.2 Å². The lowest BCUT2D eigenvalue weighted by Gasteiger charge is -2.29. The summed E-state index contributed by atoms with van der Waals surface area (Å²) in [5.41, 5.74) is 2.62. The van der Waals surface area contributed by atoms with Crippen molar-refractivity contribution in [2.75, 3.05) is 13.1 Å². The van der Waals surface area contributed by atoms with Gasteiger partial charge in [-0.1, -0.05) is 23.5 Å².